The number of nitrogens with zero attached hydrogens (tertiary/aromatic N) is 3. The molecule has 1 aromatic carbocycles. The van der Waals surface area contributed by atoms with Crippen molar-refractivity contribution in [1.82, 2.24) is 20.0 Å². The average Bonchev–Trinajstić information content (AvgIpc) is 3.05. The fourth-order valence-corrected chi connectivity index (χ4v) is 2.31. The lowest BCUT2D eigenvalue weighted by molar-refractivity contribution is 0.195. The Morgan fingerprint density at radius 1 is 1.27 bits per heavy atom. The molecule has 1 heterocycles. The van der Waals surface area contributed by atoms with Crippen molar-refractivity contribution in [2.75, 3.05) is 13.1 Å². The van der Waals surface area contributed by atoms with Gasteiger partial charge in [0.15, 0.2) is 0 Å². The highest BCUT2D eigenvalue weighted by molar-refractivity contribution is 5.74. The molecule has 1 N–H and O–H groups in total. The molecule has 0 fully saturated rings. The molecule has 1 aromatic heterocycles. The van der Waals surface area contributed by atoms with Gasteiger partial charge in [0.25, 0.3) is 0 Å². The summed E-state index contributed by atoms with van der Waals surface area (Å²) in [6.07, 6.45) is 5.52. The van der Waals surface area contributed by atoms with Crippen LogP contribution in [0.25, 0.3) is 0 Å². The SMILES string of the molecule is CCCN(Cc1ccccc1)C(=O)NCCCn1cccn1. The topological polar surface area (TPSA) is 50.2 Å². The number of carbonyl (C=O) groups is 1. The quantitative estimate of drug-likeness (QED) is 0.762. The molecule has 2 amide bonds. The van der Waals surface area contributed by atoms with E-state index in [0.29, 0.717) is 13.1 Å². The molecular weight excluding hydrogens is 276 g/mol. The zero-order valence-corrected chi connectivity index (χ0v) is 13.1. The molecule has 2 aromatic rings. The van der Waals surface area contributed by atoms with Crippen LogP contribution in [-0.4, -0.2) is 33.8 Å². The molecule has 0 saturated heterocycles. The Bertz CT molecular complexity index is 539. The van der Waals surface area contributed by atoms with Gasteiger partial charge < -0.3 is 10.2 Å². The van der Waals surface area contributed by atoms with Crippen molar-refractivity contribution in [2.24, 2.45) is 0 Å². The predicted molar refractivity (Wildman–Crippen MR) is 87.4 cm³/mol. The summed E-state index contributed by atoms with van der Waals surface area (Å²) >= 11 is 0. The van der Waals surface area contributed by atoms with Gasteiger partial charge in [-0.3, -0.25) is 4.68 Å². The van der Waals surface area contributed by atoms with E-state index in [1.165, 1.54) is 0 Å². The van der Waals surface area contributed by atoms with Crippen LogP contribution in [0.4, 0.5) is 4.79 Å². The highest BCUT2D eigenvalue weighted by Crippen LogP contribution is 2.05. The maximum absolute atomic E-state index is 12.3. The second kappa shape index (κ2) is 8.87. The number of hydrogen-bond donors (Lipinski definition) is 1. The molecule has 5 nitrogen and oxygen atoms in total. The Morgan fingerprint density at radius 3 is 2.77 bits per heavy atom. The van der Waals surface area contributed by atoms with Crippen molar-refractivity contribution in [1.29, 1.82) is 0 Å². The van der Waals surface area contributed by atoms with Crippen molar-refractivity contribution in [2.45, 2.75) is 32.9 Å². The molecule has 0 bridgehead atoms. The van der Waals surface area contributed by atoms with E-state index in [2.05, 4.69) is 17.3 Å². The van der Waals surface area contributed by atoms with Gasteiger partial charge in [0.1, 0.15) is 0 Å². The number of carbonyl (C=O) groups excluding carboxylic acids is 1. The van der Waals surface area contributed by atoms with Crippen LogP contribution in [-0.2, 0) is 13.1 Å². The van der Waals surface area contributed by atoms with Crippen LogP contribution in [0.3, 0.4) is 0 Å². The first kappa shape index (κ1) is 16.1. The molecular formula is C17H24N4O. The van der Waals surface area contributed by atoms with Gasteiger partial charge in [-0.05, 0) is 24.5 Å². The molecule has 0 spiro atoms. The van der Waals surface area contributed by atoms with Crippen molar-refractivity contribution >= 4 is 6.03 Å². The lowest BCUT2D eigenvalue weighted by atomic mass is 10.2. The van der Waals surface area contributed by atoms with Gasteiger partial charge in [0.05, 0.1) is 0 Å². The maximum atomic E-state index is 12.3. The fraction of sp³-hybridized carbons (Fsp3) is 0.412. The van der Waals surface area contributed by atoms with Crippen molar-refractivity contribution in [3.8, 4) is 0 Å². The van der Waals surface area contributed by atoms with E-state index >= 15 is 0 Å². The summed E-state index contributed by atoms with van der Waals surface area (Å²) in [4.78, 5) is 14.2. The van der Waals surface area contributed by atoms with E-state index in [4.69, 9.17) is 0 Å². The second-order valence-electron chi connectivity index (χ2n) is 5.26. The monoisotopic (exact) mass is 300 g/mol. The summed E-state index contributed by atoms with van der Waals surface area (Å²) < 4.78 is 1.87. The number of nitrogens with one attached hydrogen (secondary N) is 1. The minimum Gasteiger partial charge on any atom is -0.338 e. The molecule has 2 rings (SSSR count). The molecule has 0 aliphatic heterocycles. The first-order chi connectivity index (χ1) is 10.8. The van der Waals surface area contributed by atoms with E-state index < -0.39 is 0 Å². The van der Waals surface area contributed by atoms with Gasteiger partial charge in [0.2, 0.25) is 0 Å². The fourth-order valence-electron chi connectivity index (χ4n) is 2.31. The largest absolute Gasteiger partial charge is 0.338 e. The van der Waals surface area contributed by atoms with Crippen LogP contribution in [0.1, 0.15) is 25.3 Å². The van der Waals surface area contributed by atoms with Crippen LogP contribution in [0, 0.1) is 0 Å². The van der Waals surface area contributed by atoms with Crippen LogP contribution in [0.5, 0.6) is 0 Å². The predicted octanol–water partition coefficient (Wildman–Crippen LogP) is 2.90. The van der Waals surface area contributed by atoms with Crippen LogP contribution in [0.15, 0.2) is 48.8 Å². The summed E-state index contributed by atoms with van der Waals surface area (Å²) in [5.74, 6) is 0. The van der Waals surface area contributed by atoms with Crippen molar-refractivity contribution in [3.63, 3.8) is 0 Å². The standard InChI is InChI=1S/C17H24N4O/c1-2-12-20(15-16-8-4-3-5-9-16)17(22)18-10-6-13-21-14-7-11-19-21/h3-5,7-9,11,14H,2,6,10,12-13,15H2,1H3,(H,18,22). The Labute approximate surface area is 131 Å². The summed E-state index contributed by atoms with van der Waals surface area (Å²) in [6.45, 7) is 4.98. The Balaban J connectivity index is 1.76. The van der Waals surface area contributed by atoms with E-state index in [9.17, 15) is 4.79 Å². The number of urea groups is 1. The average molecular weight is 300 g/mol. The first-order valence-electron chi connectivity index (χ1n) is 7.83. The minimum absolute atomic E-state index is 0.00571. The number of rotatable bonds is 8. The number of aromatic nitrogens is 2. The van der Waals surface area contributed by atoms with Crippen LogP contribution < -0.4 is 5.32 Å². The third-order valence-corrected chi connectivity index (χ3v) is 3.40. The molecule has 0 unspecified atom stereocenters. The van der Waals surface area contributed by atoms with Gasteiger partial charge in [0, 0.05) is 38.6 Å². The zero-order chi connectivity index (χ0) is 15.6. The molecule has 0 aliphatic rings. The summed E-state index contributed by atoms with van der Waals surface area (Å²) in [6, 6.07) is 12.0. The summed E-state index contributed by atoms with van der Waals surface area (Å²) in [5.41, 5.74) is 1.16. The number of hydrogen-bond acceptors (Lipinski definition) is 2. The van der Waals surface area contributed by atoms with E-state index in [0.717, 1.165) is 31.5 Å². The molecule has 0 aliphatic carbocycles. The Hall–Kier alpha value is -2.30. The molecule has 0 radical (unpaired) electrons. The third kappa shape index (κ3) is 5.24. The normalized spacial score (nSPS) is 10.4. The van der Waals surface area contributed by atoms with Crippen LogP contribution in [0.2, 0.25) is 0 Å². The van der Waals surface area contributed by atoms with Crippen molar-refractivity contribution < 1.29 is 4.79 Å². The molecule has 118 valence electrons. The van der Waals surface area contributed by atoms with Gasteiger partial charge in [-0.1, -0.05) is 37.3 Å². The number of aryl methyl sites for hydroxylation is 1. The molecule has 22 heavy (non-hydrogen) atoms. The van der Waals surface area contributed by atoms with Crippen LogP contribution >= 0.6 is 0 Å². The van der Waals surface area contributed by atoms with E-state index in [1.54, 1.807) is 6.20 Å². The molecule has 0 saturated carbocycles. The molecule has 5 heteroatoms. The molecule has 0 atom stereocenters. The van der Waals surface area contributed by atoms with Crippen molar-refractivity contribution in [3.05, 3.63) is 54.4 Å². The second-order valence-corrected chi connectivity index (χ2v) is 5.26. The zero-order valence-electron chi connectivity index (χ0n) is 13.1. The smallest absolute Gasteiger partial charge is 0.317 e. The Kier molecular flexibility index (Phi) is 6.48. The van der Waals surface area contributed by atoms with Gasteiger partial charge in [-0.2, -0.15) is 5.10 Å². The highest BCUT2D eigenvalue weighted by Gasteiger charge is 2.12. The van der Waals surface area contributed by atoms with Gasteiger partial charge in [-0.25, -0.2) is 4.79 Å². The highest BCUT2D eigenvalue weighted by atomic mass is 16.2. The maximum Gasteiger partial charge on any atom is 0.317 e. The Morgan fingerprint density at radius 2 is 2.09 bits per heavy atom. The summed E-state index contributed by atoms with van der Waals surface area (Å²) in [5, 5.41) is 7.14. The van der Waals surface area contributed by atoms with Gasteiger partial charge in [-0.15, -0.1) is 0 Å². The third-order valence-electron chi connectivity index (χ3n) is 3.40. The lowest BCUT2D eigenvalue weighted by Crippen LogP contribution is -2.40. The van der Waals surface area contributed by atoms with Gasteiger partial charge >= 0.3 is 6.03 Å². The first-order valence-corrected chi connectivity index (χ1v) is 7.83. The number of amides is 2. The lowest BCUT2D eigenvalue weighted by Gasteiger charge is -2.22. The van der Waals surface area contributed by atoms with E-state index in [-0.39, 0.29) is 6.03 Å². The summed E-state index contributed by atoms with van der Waals surface area (Å²) in [7, 11) is 0. The minimum atomic E-state index is 0.00571. The number of benzene rings is 1. The van der Waals surface area contributed by atoms with E-state index in [1.807, 2.05) is 52.2 Å².